The molecule has 542 valence electrons. The van der Waals surface area contributed by atoms with Crippen LogP contribution in [0.2, 0.25) is 0 Å². The van der Waals surface area contributed by atoms with Crippen molar-refractivity contribution in [3.63, 3.8) is 0 Å². The topological polar surface area (TPSA) is 219 Å². The van der Waals surface area contributed by atoms with Crippen LogP contribution in [0.5, 0.6) is 51.7 Å². The molecule has 1 atom stereocenters. The molecule has 6 heterocycles. The van der Waals surface area contributed by atoms with Gasteiger partial charge in [0, 0.05) is 143 Å². The van der Waals surface area contributed by atoms with Crippen LogP contribution in [0.1, 0.15) is 74.8 Å². The van der Waals surface area contributed by atoms with E-state index in [0.29, 0.717) is 145 Å². The van der Waals surface area contributed by atoms with Gasteiger partial charge in [0.25, 0.3) is 5.79 Å². The Kier molecular flexibility index (Phi) is 34.5. The summed E-state index contributed by atoms with van der Waals surface area (Å²) in [6.45, 7) is 16.3. The van der Waals surface area contributed by atoms with Gasteiger partial charge in [0.1, 0.15) is 48.8 Å². The molecule has 1 spiro atoms. The predicted molar refractivity (Wildman–Crippen MR) is 353 cm³/mol. The number of fused-ring (bicyclic) bond motifs is 2. The van der Waals surface area contributed by atoms with Crippen LogP contribution in [0.4, 0.5) is 0 Å². The Morgan fingerprint density at radius 3 is 1.22 bits per heavy atom. The van der Waals surface area contributed by atoms with Gasteiger partial charge in [0.05, 0.1) is 6.61 Å². The molecule has 0 saturated carbocycles. The third-order valence-corrected chi connectivity index (χ3v) is 16.0. The summed E-state index contributed by atoms with van der Waals surface area (Å²) in [5, 5.41) is 0. The van der Waals surface area contributed by atoms with Gasteiger partial charge in [-0.25, -0.2) is 33.3 Å². The fourth-order valence-electron chi connectivity index (χ4n) is 10.9. The van der Waals surface area contributed by atoms with Gasteiger partial charge in [-0.1, -0.05) is 186 Å². The van der Waals surface area contributed by atoms with Crippen LogP contribution in [-0.4, -0.2) is 144 Å². The molecule has 0 bridgehead atoms. The molecular weight excluding hydrogens is 1990 g/mol. The molecule has 0 aliphatic carbocycles. The first-order valence-electron chi connectivity index (χ1n) is 32.1. The van der Waals surface area contributed by atoms with Gasteiger partial charge in [0.2, 0.25) is 11.5 Å². The summed E-state index contributed by atoms with van der Waals surface area (Å²) in [4.78, 5) is 51.1. The summed E-state index contributed by atoms with van der Waals surface area (Å²) >= 11 is 0. The van der Waals surface area contributed by atoms with Gasteiger partial charge in [0.15, 0.2) is 31.9 Å². The van der Waals surface area contributed by atoms with Crippen LogP contribution < -0.4 is 42.9 Å². The summed E-state index contributed by atoms with van der Waals surface area (Å²) in [6, 6.07) is 29.1. The smallest absolute Gasteiger partial charge is 0.336 e. The molecule has 0 radical (unpaired) electrons. The van der Waals surface area contributed by atoms with Gasteiger partial charge < -0.3 is 85.6 Å². The van der Waals surface area contributed by atoms with Crippen LogP contribution in [0.25, 0.3) is 18.2 Å². The minimum atomic E-state index is -1.29. The largest absolute Gasteiger partial charge is 0.468 e. The van der Waals surface area contributed by atoms with Crippen LogP contribution in [0.15, 0.2) is 140 Å². The molecule has 5 aromatic rings. The molecular formula is C75H82O22W4-4. The maximum Gasteiger partial charge on any atom is 0.336 e. The summed E-state index contributed by atoms with van der Waals surface area (Å²) in [7, 11) is 0. The van der Waals surface area contributed by atoms with Gasteiger partial charge in [-0.3, -0.25) is 0 Å². The van der Waals surface area contributed by atoms with Crippen LogP contribution >= 0.6 is 0 Å². The first-order valence-corrected chi connectivity index (χ1v) is 32.1. The Hall–Kier alpha value is -5.35. The Morgan fingerprint density at radius 2 is 0.792 bits per heavy atom. The molecule has 11 rings (SSSR count). The molecule has 5 aromatic carbocycles. The number of hydrogen-bond acceptors (Lipinski definition) is 22. The van der Waals surface area contributed by atoms with Crippen LogP contribution in [0.3, 0.4) is 0 Å². The average molecular weight is 2070 g/mol. The molecule has 101 heavy (non-hydrogen) atoms. The van der Waals surface area contributed by atoms with E-state index in [1.165, 1.54) is 35.8 Å². The molecule has 6 aliphatic heterocycles. The Labute approximate surface area is 647 Å². The van der Waals surface area contributed by atoms with Crippen molar-refractivity contribution in [2.45, 2.75) is 63.6 Å². The number of carbonyl (C=O) groups is 2. The number of benzene rings is 5. The number of ether oxygens (including phenoxy) is 16. The van der Waals surface area contributed by atoms with E-state index in [1.54, 1.807) is 54.6 Å². The van der Waals surface area contributed by atoms with Crippen molar-refractivity contribution in [1.82, 2.24) is 0 Å². The minimum absolute atomic E-state index is 0. The van der Waals surface area contributed by atoms with Gasteiger partial charge >= 0.3 is 11.9 Å². The summed E-state index contributed by atoms with van der Waals surface area (Å²) < 4.78 is 91.7. The first-order chi connectivity index (χ1) is 47.3. The monoisotopic (exact) mass is 2070 g/mol. The number of allylic oxidation sites excluding steroid dienone is 2. The maximum absolute atomic E-state index is 13.8. The SMILES string of the molecule is CC1(C)CC2(CC(C)(C)c3cc(OC(=O)/C=C/C/C=C\COCOC[C-]4COC4)c(OC(=O)/C=C/c4ccc(OCOC[C-]5COC5)cc4)cc3O2)Oc2cc(OOC/C=C\c3ccc(OCOC[C-]4COC4)cc3)c(OOC/C=C/c3ccc(OCOC[C-]4COC4)cc3)cc21.[W].[W].[W].[W]. The molecule has 6 aliphatic rings. The van der Waals surface area contributed by atoms with Crippen molar-refractivity contribution in [1.29, 1.82) is 0 Å². The fourth-order valence-corrected chi connectivity index (χ4v) is 10.9. The van der Waals surface area contributed by atoms with Crippen LogP contribution in [0, 0.1) is 23.7 Å². The van der Waals surface area contributed by atoms with E-state index in [4.69, 9.17) is 95.3 Å². The molecule has 22 nitrogen and oxygen atoms in total. The molecule has 4 fully saturated rings. The number of rotatable bonds is 38. The van der Waals surface area contributed by atoms with E-state index >= 15 is 0 Å². The van der Waals surface area contributed by atoms with E-state index in [1.807, 2.05) is 91.1 Å². The maximum atomic E-state index is 13.8. The van der Waals surface area contributed by atoms with Crippen molar-refractivity contribution in [2.24, 2.45) is 0 Å². The molecule has 0 amide bonds. The minimum Gasteiger partial charge on any atom is -0.468 e. The second-order valence-electron chi connectivity index (χ2n) is 25.0. The Morgan fingerprint density at radius 1 is 0.416 bits per heavy atom. The van der Waals surface area contributed by atoms with Gasteiger partial charge in [-0.15, -0.1) is 0 Å². The molecule has 26 heteroatoms. The summed E-state index contributed by atoms with van der Waals surface area (Å²) in [5.74, 6) is 5.17. The van der Waals surface area contributed by atoms with Crippen molar-refractivity contribution in [3.8, 4) is 51.7 Å². The van der Waals surface area contributed by atoms with Gasteiger partial charge in [-0.2, -0.15) is 9.78 Å². The Bertz CT molecular complexity index is 3510. The predicted octanol–water partition coefficient (Wildman–Crippen LogP) is 11.7. The van der Waals surface area contributed by atoms with E-state index in [-0.39, 0.29) is 148 Å². The van der Waals surface area contributed by atoms with Crippen molar-refractivity contribution in [3.05, 3.63) is 191 Å². The summed E-state index contributed by atoms with van der Waals surface area (Å²) in [5.41, 5.74) is 2.69. The standard InChI is InChI=1S/C75H82O22.4W/c1-73(2)47-75(94-65-33-68(93-72(77)27-20-55-18-25-62(26-19-55)89-52-86-46-59-41-82-42-59)67(31-63(65)73)92-71(76)13-7-5-6-8-28-78-49-83-43-56-35-79-36-56)48-74(3,4)64-32-69(96-90-29-9-11-53-14-21-60(22-15-53)87-50-84-44-57-37-80-38-57)70(34-66(64)95-75)97-91-30-10-12-54-16-23-61(24-17-54)88-51-85-45-58-39-81-40-58;;;;/h6-27,31-34H,5,28-30,35-52H2,1-4H3;;;;/q-4;;;;/b8-6-,11-9+,12-10-,13-7+,27-20+;;;;. The normalized spacial score (nSPS) is 18.3. The zero-order chi connectivity index (χ0) is 67.1. The average Bonchev–Trinajstić information content (AvgIpc) is 0.719. The fraction of sp³-hybridized carbons (Fsp3) is 0.387. The summed E-state index contributed by atoms with van der Waals surface area (Å²) in [6.07, 6.45) is 18.1. The third-order valence-electron chi connectivity index (χ3n) is 16.0. The third kappa shape index (κ3) is 25.7. The van der Waals surface area contributed by atoms with Gasteiger partial charge in [-0.05, 0) is 77.7 Å². The second-order valence-corrected chi connectivity index (χ2v) is 25.0. The molecule has 4 saturated heterocycles. The Balaban J connectivity index is 0.00000358. The molecule has 1 unspecified atom stereocenters. The first kappa shape index (κ1) is 82.9. The van der Waals surface area contributed by atoms with E-state index in [2.05, 4.69) is 27.7 Å². The number of hydrogen-bond donors (Lipinski definition) is 0. The second kappa shape index (κ2) is 42.0. The molecule has 0 aromatic heterocycles. The quantitative estimate of drug-likeness (QED) is 0.00413. The van der Waals surface area contributed by atoms with E-state index in [0.717, 1.165) is 16.7 Å². The number of esters is 2. The zero-order valence-electron chi connectivity index (χ0n) is 56.7. The number of carbonyl (C=O) groups excluding carboxylic acids is 2. The van der Waals surface area contributed by atoms with Crippen molar-refractivity contribution in [2.75, 3.05) is 126 Å². The van der Waals surface area contributed by atoms with E-state index < -0.39 is 28.6 Å². The van der Waals surface area contributed by atoms with Crippen molar-refractivity contribution < 1.29 is 189 Å². The molecule has 0 N–H and O–H groups in total. The van der Waals surface area contributed by atoms with Crippen molar-refractivity contribution >= 4 is 30.2 Å². The zero-order valence-corrected chi connectivity index (χ0v) is 68.4. The van der Waals surface area contributed by atoms with Crippen LogP contribution in [-0.2, 0) is 157 Å². The van der Waals surface area contributed by atoms with E-state index in [9.17, 15) is 9.59 Å².